The summed E-state index contributed by atoms with van der Waals surface area (Å²) in [5, 5.41) is 13.5. The van der Waals surface area contributed by atoms with Crippen LogP contribution in [0, 0.1) is 17.0 Å². The second-order valence-electron chi connectivity index (χ2n) is 5.05. The van der Waals surface area contributed by atoms with Gasteiger partial charge < -0.3 is 14.5 Å². The van der Waals surface area contributed by atoms with Crippen molar-refractivity contribution in [3.63, 3.8) is 0 Å². The summed E-state index contributed by atoms with van der Waals surface area (Å²) >= 11 is 0. The molecule has 1 aromatic carbocycles. The highest BCUT2D eigenvalue weighted by Crippen LogP contribution is 2.22. The number of rotatable bonds is 6. The van der Waals surface area contributed by atoms with E-state index in [1.54, 1.807) is 12.1 Å². The van der Waals surface area contributed by atoms with Crippen LogP contribution < -0.4 is 5.32 Å². The maximum absolute atomic E-state index is 12.1. The number of nitro groups is 1. The minimum Gasteiger partial charge on any atom is -0.467 e. The van der Waals surface area contributed by atoms with Gasteiger partial charge in [0.2, 0.25) is 0 Å². The number of esters is 1. The van der Waals surface area contributed by atoms with Gasteiger partial charge in [0.15, 0.2) is 6.10 Å². The van der Waals surface area contributed by atoms with E-state index in [0.717, 1.165) is 0 Å². The highest BCUT2D eigenvalue weighted by Gasteiger charge is 2.23. The molecule has 0 aliphatic rings. The summed E-state index contributed by atoms with van der Waals surface area (Å²) in [6.07, 6.45) is 0.432. The van der Waals surface area contributed by atoms with Crippen LogP contribution in [0.1, 0.15) is 28.6 Å². The summed E-state index contributed by atoms with van der Waals surface area (Å²) in [5.74, 6) is -0.726. The minimum atomic E-state index is -1.05. The number of nitrogens with one attached hydrogen (secondary N) is 1. The van der Waals surface area contributed by atoms with Gasteiger partial charge in [-0.15, -0.1) is 0 Å². The Morgan fingerprint density at radius 1 is 1.33 bits per heavy atom. The molecule has 8 heteroatoms. The molecule has 8 nitrogen and oxygen atoms in total. The van der Waals surface area contributed by atoms with Crippen LogP contribution in [0.3, 0.4) is 0 Å². The van der Waals surface area contributed by atoms with Crippen LogP contribution in [0.2, 0.25) is 0 Å². The molecule has 0 fully saturated rings. The van der Waals surface area contributed by atoms with Crippen molar-refractivity contribution in [3.8, 4) is 0 Å². The number of carbonyl (C=O) groups is 2. The van der Waals surface area contributed by atoms with E-state index in [1.807, 2.05) is 0 Å². The zero-order chi connectivity index (χ0) is 17.7. The Labute approximate surface area is 137 Å². The maximum atomic E-state index is 12.1. The first-order valence-electron chi connectivity index (χ1n) is 7.15. The molecule has 0 radical (unpaired) electrons. The molecule has 1 atom stereocenters. The zero-order valence-corrected chi connectivity index (χ0v) is 13.1. The van der Waals surface area contributed by atoms with Crippen LogP contribution in [0.25, 0.3) is 0 Å². The Balaban J connectivity index is 1.99. The molecule has 24 heavy (non-hydrogen) atoms. The summed E-state index contributed by atoms with van der Waals surface area (Å²) in [4.78, 5) is 34.4. The summed E-state index contributed by atoms with van der Waals surface area (Å²) in [6, 6.07) is 7.49. The number of benzene rings is 1. The number of nitro benzene ring substituents is 1. The molecule has 0 bridgehead atoms. The SMILES string of the molecule is Cc1c(C(=O)OC(C)C(=O)NCc2ccco2)cccc1[N+](=O)[O-]. The van der Waals surface area contributed by atoms with Crippen molar-refractivity contribution in [2.75, 3.05) is 0 Å². The van der Waals surface area contributed by atoms with E-state index >= 15 is 0 Å². The Bertz CT molecular complexity index is 754. The number of nitrogens with zero attached hydrogens (tertiary/aromatic N) is 1. The van der Waals surface area contributed by atoms with Crippen LogP contribution in [-0.2, 0) is 16.1 Å². The third-order valence-corrected chi connectivity index (χ3v) is 3.39. The van der Waals surface area contributed by atoms with E-state index in [-0.39, 0.29) is 23.4 Å². The van der Waals surface area contributed by atoms with Gasteiger partial charge in [-0.3, -0.25) is 14.9 Å². The third kappa shape index (κ3) is 3.97. The van der Waals surface area contributed by atoms with Crippen LogP contribution in [0.15, 0.2) is 41.0 Å². The Morgan fingerprint density at radius 3 is 2.71 bits per heavy atom. The Morgan fingerprint density at radius 2 is 2.08 bits per heavy atom. The standard InChI is InChI=1S/C16H16N2O6/c1-10-13(6-3-7-14(10)18(21)22)16(20)24-11(2)15(19)17-9-12-5-4-8-23-12/h3-8,11H,9H2,1-2H3,(H,17,19). The second-order valence-corrected chi connectivity index (χ2v) is 5.05. The molecule has 1 unspecified atom stereocenters. The van der Waals surface area contributed by atoms with Gasteiger partial charge in [0.05, 0.1) is 23.3 Å². The lowest BCUT2D eigenvalue weighted by molar-refractivity contribution is -0.385. The molecule has 126 valence electrons. The molecular formula is C16H16N2O6. The highest BCUT2D eigenvalue weighted by molar-refractivity contribution is 5.94. The topological polar surface area (TPSA) is 112 Å². The van der Waals surface area contributed by atoms with E-state index in [1.165, 1.54) is 38.3 Å². The molecule has 0 saturated heterocycles. The van der Waals surface area contributed by atoms with E-state index in [2.05, 4.69) is 5.32 Å². The van der Waals surface area contributed by atoms with Gasteiger partial charge in [0, 0.05) is 11.6 Å². The normalized spacial score (nSPS) is 11.6. The van der Waals surface area contributed by atoms with Crippen molar-refractivity contribution in [1.82, 2.24) is 5.32 Å². The average Bonchev–Trinajstić information content (AvgIpc) is 3.05. The molecule has 0 aliphatic carbocycles. The molecule has 2 aromatic rings. The lowest BCUT2D eigenvalue weighted by Crippen LogP contribution is -2.35. The predicted molar refractivity (Wildman–Crippen MR) is 83.3 cm³/mol. The number of hydrogen-bond donors (Lipinski definition) is 1. The largest absolute Gasteiger partial charge is 0.467 e. The van der Waals surface area contributed by atoms with Gasteiger partial charge in [0.25, 0.3) is 11.6 Å². The summed E-state index contributed by atoms with van der Waals surface area (Å²) in [6.45, 7) is 3.04. The van der Waals surface area contributed by atoms with E-state index < -0.39 is 22.9 Å². The third-order valence-electron chi connectivity index (χ3n) is 3.39. The van der Waals surface area contributed by atoms with Gasteiger partial charge >= 0.3 is 5.97 Å². The molecule has 0 saturated carbocycles. The Hall–Kier alpha value is -3.16. The second kappa shape index (κ2) is 7.40. The molecule has 1 aromatic heterocycles. The average molecular weight is 332 g/mol. The molecule has 1 N–H and O–H groups in total. The Kier molecular flexibility index (Phi) is 5.31. The van der Waals surface area contributed by atoms with Crippen LogP contribution >= 0.6 is 0 Å². The van der Waals surface area contributed by atoms with Gasteiger partial charge in [-0.2, -0.15) is 0 Å². The van der Waals surface area contributed by atoms with Gasteiger partial charge in [0.1, 0.15) is 5.76 Å². The number of carbonyl (C=O) groups excluding carboxylic acids is 2. The minimum absolute atomic E-state index is 0.0508. The number of furan rings is 1. The quantitative estimate of drug-likeness (QED) is 0.494. The van der Waals surface area contributed by atoms with Crippen molar-refractivity contribution in [2.45, 2.75) is 26.5 Å². The monoisotopic (exact) mass is 332 g/mol. The fourth-order valence-corrected chi connectivity index (χ4v) is 2.05. The zero-order valence-electron chi connectivity index (χ0n) is 13.1. The fourth-order valence-electron chi connectivity index (χ4n) is 2.05. The number of amides is 1. The van der Waals surface area contributed by atoms with Crippen LogP contribution in [0.4, 0.5) is 5.69 Å². The van der Waals surface area contributed by atoms with E-state index in [9.17, 15) is 19.7 Å². The first-order valence-corrected chi connectivity index (χ1v) is 7.15. The molecule has 1 heterocycles. The lowest BCUT2D eigenvalue weighted by atomic mass is 10.1. The smallest absolute Gasteiger partial charge is 0.339 e. The molecule has 0 spiro atoms. The summed E-state index contributed by atoms with van der Waals surface area (Å²) in [5.41, 5.74) is 0.0601. The van der Waals surface area contributed by atoms with Crippen molar-refractivity contribution < 1.29 is 23.7 Å². The van der Waals surface area contributed by atoms with E-state index in [0.29, 0.717) is 5.76 Å². The number of ether oxygens (including phenoxy) is 1. The van der Waals surface area contributed by atoms with Gasteiger partial charge in [-0.1, -0.05) is 6.07 Å². The first kappa shape index (κ1) is 17.2. The lowest BCUT2D eigenvalue weighted by Gasteiger charge is -2.14. The van der Waals surface area contributed by atoms with Crippen LogP contribution in [-0.4, -0.2) is 22.9 Å². The maximum Gasteiger partial charge on any atom is 0.339 e. The molecule has 1 amide bonds. The van der Waals surface area contributed by atoms with Crippen LogP contribution in [0.5, 0.6) is 0 Å². The van der Waals surface area contributed by atoms with Crippen molar-refractivity contribution >= 4 is 17.6 Å². The summed E-state index contributed by atoms with van der Waals surface area (Å²) in [7, 11) is 0. The highest BCUT2D eigenvalue weighted by atomic mass is 16.6. The first-order chi connectivity index (χ1) is 11.4. The van der Waals surface area contributed by atoms with Crippen molar-refractivity contribution in [3.05, 3.63) is 63.6 Å². The number of hydrogen-bond acceptors (Lipinski definition) is 6. The van der Waals surface area contributed by atoms with Crippen molar-refractivity contribution in [2.24, 2.45) is 0 Å². The fraction of sp³-hybridized carbons (Fsp3) is 0.250. The van der Waals surface area contributed by atoms with Gasteiger partial charge in [-0.05, 0) is 32.0 Å². The molecule has 2 rings (SSSR count). The molecule has 0 aliphatic heterocycles. The van der Waals surface area contributed by atoms with Crippen molar-refractivity contribution in [1.29, 1.82) is 0 Å². The van der Waals surface area contributed by atoms with Gasteiger partial charge in [-0.25, -0.2) is 4.79 Å². The predicted octanol–water partition coefficient (Wildman–Crippen LogP) is 2.36. The molecular weight excluding hydrogens is 316 g/mol. The summed E-state index contributed by atoms with van der Waals surface area (Å²) < 4.78 is 10.2. The van der Waals surface area contributed by atoms with E-state index in [4.69, 9.17) is 9.15 Å².